The monoisotopic (exact) mass is 228 g/mol. The summed E-state index contributed by atoms with van der Waals surface area (Å²) in [6.07, 6.45) is 4.03. The van der Waals surface area contributed by atoms with Gasteiger partial charge in [0.25, 0.3) is 0 Å². The molecule has 17 heavy (non-hydrogen) atoms. The van der Waals surface area contributed by atoms with Crippen LogP contribution in [0.25, 0.3) is 12.2 Å². The van der Waals surface area contributed by atoms with Crippen molar-refractivity contribution in [3.63, 3.8) is 0 Å². The average Bonchev–Trinajstić information content (AvgIpc) is 2.69. The van der Waals surface area contributed by atoms with E-state index in [9.17, 15) is 0 Å². The highest BCUT2D eigenvalue weighted by molar-refractivity contribution is 5.69. The molecular weight excluding hydrogens is 212 g/mol. The molecule has 0 atom stereocenters. The molecule has 1 aromatic carbocycles. The maximum atomic E-state index is 5.60. The van der Waals surface area contributed by atoms with E-state index in [0.717, 1.165) is 17.0 Å². The van der Waals surface area contributed by atoms with Crippen molar-refractivity contribution in [2.75, 3.05) is 0 Å². The first-order valence-corrected chi connectivity index (χ1v) is 5.54. The molecule has 0 aliphatic heterocycles. The van der Waals surface area contributed by atoms with E-state index in [2.05, 4.69) is 41.5 Å². The van der Waals surface area contributed by atoms with Gasteiger partial charge in [-0.3, -0.25) is 0 Å². The number of hydrogen-bond donors (Lipinski definition) is 1. The summed E-state index contributed by atoms with van der Waals surface area (Å²) in [5.74, 6) is 0. The lowest BCUT2D eigenvalue weighted by atomic mass is 10.1. The van der Waals surface area contributed by atoms with Crippen LogP contribution in [0, 0.1) is 6.92 Å². The summed E-state index contributed by atoms with van der Waals surface area (Å²) in [4.78, 5) is 0. The minimum absolute atomic E-state index is 0.404. The molecule has 0 unspecified atom stereocenters. The minimum Gasteiger partial charge on any atom is -0.325 e. The van der Waals surface area contributed by atoms with E-state index < -0.39 is 0 Å². The molecule has 0 aliphatic carbocycles. The highest BCUT2D eigenvalue weighted by atomic mass is 15.4. The Morgan fingerprint density at radius 3 is 2.59 bits per heavy atom. The van der Waals surface area contributed by atoms with Crippen molar-refractivity contribution >= 4 is 12.2 Å². The summed E-state index contributed by atoms with van der Waals surface area (Å²) in [6, 6.07) is 8.34. The molecule has 0 saturated heterocycles. The first-order chi connectivity index (χ1) is 8.20. The van der Waals surface area contributed by atoms with Crippen LogP contribution in [0.4, 0.5) is 0 Å². The summed E-state index contributed by atoms with van der Waals surface area (Å²) in [6.45, 7) is 2.48. The molecule has 4 heteroatoms. The van der Waals surface area contributed by atoms with Crippen LogP contribution in [0.15, 0.2) is 24.3 Å². The highest BCUT2D eigenvalue weighted by Crippen LogP contribution is 2.10. The van der Waals surface area contributed by atoms with Crippen LogP contribution in [-0.4, -0.2) is 15.0 Å². The maximum Gasteiger partial charge on any atom is 0.104 e. The maximum absolute atomic E-state index is 5.60. The van der Waals surface area contributed by atoms with E-state index in [1.54, 1.807) is 4.68 Å². The van der Waals surface area contributed by atoms with Crippen molar-refractivity contribution < 1.29 is 0 Å². The predicted molar refractivity (Wildman–Crippen MR) is 69.0 cm³/mol. The van der Waals surface area contributed by atoms with Crippen molar-refractivity contribution in [1.82, 2.24) is 15.0 Å². The largest absolute Gasteiger partial charge is 0.325 e. The van der Waals surface area contributed by atoms with E-state index >= 15 is 0 Å². The quantitative estimate of drug-likeness (QED) is 0.870. The smallest absolute Gasteiger partial charge is 0.104 e. The van der Waals surface area contributed by atoms with Crippen molar-refractivity contribution in [2.24, 2.45) is 12.8 Å². The lowest BCUT2D eigenvalue weighted by Gasteiger charge is -1.97. The fourth-order valence-electron chi connectivity index (χ4n) is 1.61. The second-order valence-corrected chi connectivity index (χ2v) is 3.99. The third kappa shape index (κ3) is 2.60. The molecule has 4 nitrogen and oxygen atoms in total. The second-order valence-electron chi connectivity index (χ2n) is 3.99. The molecule has 0 fully saturated rings. The minimum atomic E-state index is 0.404. The molecule has 1 aromatic heterocycles. The predicted octanol–water partition coefficient (Wildman–Crippen LogP) is 1.75. The van der Waals surface area contributed by atoms with Crippen LogP contribution < -0.4 is 5.73 Å². The molecule has 0 saturated carbocycles. The van der Waals surface area contributed by atoms with E-state index in [4.69, 9.17) is 5.73 Å². The second kappa shape index (κ2) is 4.93. The van der Waals surface area contributed by atoms with E-state index in [1.807, 2.05) is 19.2 Å². The zero-order valence-corrected chi connectivity index (χ0v) is 10.1. The molecule has 2 aromatic rings. The van der Waals surface area contributed by atoms with Gasteiger partial charge in [-0.15, -0.1) is 5.10 Å². The first kappa shape index (κ1) is 11.5. The summed E-state index contributed by atoms with van der Waals surface area (Å²) in [5.41, 5.74) is 9.78. The molecule has 2 rings (SSSR count). The number of hydrogen-bond acceptors (Lipinski definition) is 3. The highest BCUT2D eigenvalue weighted by Gasteiger charge is 2.04. The topological polar surface area (TPSA) is 56.7 Å². The van der Waals surface area contributed by atoms with Crippen LogP contribution in [0.2, 0.25) is 0 Å². The molecular formula is C13H16N4. The molecule has 0 radical (unpaired) electrons. The Labute approximate surface area is 101 Å². The molecule has 0 aliphatic rings. The average molecular weight is 228 g/mol. The zero-order chi connectivity index (χ0) is 12.3. The van der Waals surface area contributed by atoms with Gasteiger partial charge in [-0.2, -0.15) is 0 Å². The number of aryl methyl sites for hydroxylation is 2. The molecule has 1 heterocycles. The Morgan fingerprint density at radius 1 is 1.24 bits per heavy atom. The van der Waals surface area contributed by atoms with Gasteiger partial charge in [0.15, 0.2) is 0 Å². The van der Waals surface area contributed by atoms with Gasteiger partial charge in [-0.05, 0) is 18.6 Å². The Balaban J connectivity index is 2.25. The third-order valence-corrected chi connectivity index (χ3v) is 2.65. The van der Waals surface area contributed by atoms with Crippen molar-refractivity contribution in [3.8, 4) is 0 Å². The van der Waals surface area contributed by atoms with Gasteiger partial charge in [0.05, 0.1) is 5.69 Å². The van der Waals surface area contributed by atoms with E-state index in [1.165, 1.54) is 5.56 Å². The summed E-state index contributed by atoms with van der Waals surface area (Å²) < 4.78 is 1.73. The number of rotatable bonds is 3. The SMILES string of the molecule is Cc1ccc(/C=C/c2c(CN)nnn2C)cc1. The van der Waals surface area contributed by atoms with Crippen LogP contribution in [-0.2, 0) is 13.6 Å². The Hall–Kier alpha value is -1.94. The van der Waals surface area contributed by atoms with Gasteiger partial charge in [-0.1, -0.05) is 41.1 Å². The van der Waals surface area contributed by atoms with Crippen LogP contribution in [0.1, 0.15) is 22.5 Å². The first-order valence-electron chi connectivity index (χ1n) is 5.54. The summed E-state index contributed by atoms with van der Waals surface area (Å²) in [5, 5.41) is 7.95. The zero-order valence-electron chi connectivity index (χ0n) is 10.1. The summed E-state index contributed by atoms with van der Waals surface area (Å²) in [7, 11) is 1.86. The van der Waals surface area contributed by atoms with Gasteiger partial charge >= 0.3 is 0 Å². The fraction of sp³-hybridized carbons (Fsp3) is 0.231. The molecule has 0 amide bonds. The van der Waals surface area contributed by atoms with Crippen LogP contribution >= 0.6 is 0 Å². The van der Waals surface area contributed by atoms with Gasteiger partial charge in [0.2, 0.25) is 0 Å². The molecule has 88 valence electrons. The Kier molecular flexibility index (Phi) is 3.35. The number of benzene rings is 1. The molecule has 2 N–H and O–H groups in total. The Bertz CT molecular complexity index is 523. The van der Waals surface area contributed by atoms with Gasteiger partial charge in [0, 0.05) is 13.6 Å². The van der Waals surface area contributed by atoms with Gasteiger partial charge < -0.3 is 5.73 Å². The molecule has 0 spiro atoms. The standard InChI is InChI=1S/C13H16N4/c1-10-3-5-11(6-4-10)7-8-13-12(9-14)15-16-17(13)2/h3-8H,9,14H2,1-2H3/b8-7+. The molecule has 0 bridgehead atoms. The van der Waals surface area contributed by atoms with Gasteiger partial charge in [-0.25, -0.2) is 4.68 Å². The van der Waals surface area contributed by atoms with Crippen LogP contribution in [0.5, 0.6) is 0 Å². The lowest BCUT2D eigenvalue weighted by Crippen LogP contribution is -2.00. The normalized spacial score (nSPS) is 11.2. The van der Waals surface area contributed by atoms with E-state index in [0.29, 0.717) is 6.54 Å². The Morgan fingerprint density at radius 2 is 1.94 bits per heavy atom. The number of aromatic nitrogens is 3. The van der Waals surface area contributed by atoms with E-state index in [-0.39, 0.29) is 0 Å². The third-order valence-electron chi connectivity index (χ3n) is 2.65. The van der Waals surface area contributed by atoms with Crippen molar-refractivity contribution in [2.45, 2.75) is 13.5 Å². The fourth-order valence-corrected chi connectivity index (χ4v) is 1.61. The van der Waals surface area contributed by atoms with Crippen LogP contribution in [0.3, 0.4) is 0 Å². The number of nitrogens with zero attached hydrogens (tertiary/aromatic N) is 3. The number of nitrogens with two attached hydrogens (primary N) is 1. The van der Waals surface area contributed by atoms with Gasteiger partial charge in [0.1, 0.15) is 5.69 Å². The summed E-state index contributed by atoms with van der Waals surface area (Å²) >= 11 is 0. The van der Waals surface area contributed by atoms with Crippen molar-refractivity contribution in [1.29, 1.82) is 0 Å². The lowest BCUT2D eigenvalue weighted by molar-refractivity contribution is 0.708. The van der Waals surface area contributed by atoms with Crippen molar-refractivity contribution in [3.05, 3.63) is 46.8 Å².